The van der Waals surface area contributed by atoms with Crippen LogP contribution in [0.5, 0.6) is 0 Å². The first kappa shape index (κ1) is 28.3. The molecule has 0 aromatic heterocycles. The Labute approximate surface area is 229 Å². The minimum atomic E-state index is -1.03. The van der Waals surface area contributed by atoms with Gasteiger partial charge >= 0.3 is 5.97 Å². The summed E-state index contributed by atoms with van der Waals surface area (Å²) in [6.07, 6.45) is 4.48. The zero-order valence-corrected chi connectivity index (χ0v) is 22.2. The van der Waals surface area contributed by atoms with Gasteiger partial charge in [0.2, 0.25) is 17.7 Å². The average Bonchev–Trinajstić information content (AvgIpc) is 3.44. The van der Waals surface area contributed by atoms with E-state index in [0.717, 1.165) is 36.9 Å². The normalized spacial score (nSPS) is 20.6. The SMILES string of the molecule is O=C(C[C@H](Cc1ccccc1)NC(=O)[C@@H]1CCCCN1)N[C@@H](Cc1ccccc1)C(=O)N1CCC[C@H]1C(=O)O. The molecule has 4 N–H and O–H groups in total. The van der Waals surface area contributed by atoms with E-state index in [4.69, 9.17) is 0 Å². The van der Waals surface area contributed by atoms with Crippen molar-refractivity contribution in [1.29, 1.82) is 0 Å². The summed E-state index contributed by atoms with van der Waals surface area (Å²) in [5.74, 6) is -1.92. The smallest absolute Gasteiger partial charge is 0.326 e. The maximum Gasteiger partial charge on any atom is 0.326 e. The van der Waals surface area contributed by atoms with Gasteiger partial charge in [0.15, 0.2) is 0 Å². The van der Waals surface area contributed by atoms with E-state index in [1.807, 2.05) is 60.7 Å². The number of nitrogens with zero attached hydrogens (tertiary/aromatic N) is 1. The Morgan fingerprint density at radius 1 is 0.872 bits per heavy atom. The van der Waals surface area contributed by atoms with Crippen molar-refractivity contribution in [1.82, 2.24) is 20.9 Å². The second-order valence-electron chi connectivity index (χ2n) is 10.4. The van der Waals surface area contributed by atoms with Gasteiger partial charge in [-0.3, -0.25) is 14.4 Å². The third-order valence-corrected chi connectivity index (χ3v) is 7.47. The largest absolute Gasteiger partial charge is 0.480 e. The summed E-state index contributed by atoms with van der Waals surface area (Å²) in [6.45, 7) is 1.14. The van der Waals surface area contributed by atoms with Gasteiger partial charge in [-0.25, -0.2) is 4.79 Å². The number of piperidine rings is 1. The second kappa shape index (κ2) is 13.9. The van der Waals surface area contributed by atoms with Crippen molar-refractivity contribution in [2.75, 3.05) is 13.1 Å². The van der Waals surface area contributed by atoms with Gasteiger partial charge in [0, 0.05) is 25.4 Å². The Kier molecular flexibility index (Phi) is 10.1. The predicted octanol–water partition coefficient (Wildman–Crippen LogP) is 2.05. The highest BCUT2D eigenvalue weighted by molar-refractivity contribution is 5.91. The fourth-order valence-corrected chi connectivity index (χ4v) is 5.46. The van der Waals surface area contributed by atoms with Gasteiger partial charge in [-0.15, -0.1) is 0 Å². The van der Waals surface area contributed by atoms with Crippen molar-refractivity contribution < 1.29 is 24.3 Å². The third kappa shape index (κ3) is 8.13. The number of amides is 3. The molecule has 3 amide bonds. The van der Waals surface area contributed by atoms with E-state index < -0.39 is 30.0 Å². The molecule has 2 aliphatic rings. The number of nitrogens with one attached hydrogen (secondary N) is 3. The number of hydrogen-bond acceptors (Lipinski definition) is 5. The number of carbonyl (C=O) groups is 4. The van der Waals surface area contributed by atoms with Gasteiger partial charge in [0.25, 0.3) is 0 Å². The van der Waals surface area contributed by atoms with E-state index in [2.05, 4.69) is 16.0 Å². The molecular formula is C30H38N4O5. The lowest BCUT2D eigenvalue weighted by atomic mass is 9.99. The van der Waals surface area contributed by atoms with Crippen LogP contribution in [0.25, 0.3) is 0 Å². The van der Waals surface area contributed by atoms with Crippen molar-refractivity contribution in [3.05, 3.63) is 71.8 Å². The lowest BCUT2D eigenvalue weighted by Gasteiger charge is -2.29. The zero-order valence-electron chi connectivity index (χ0n) is 22.2. The monoisotopic (exact) mass is 534 g/mol. The number of hydrogen-bond donors (Lipinski definition) is 4. The Hall–Kier alpha value is -3.72. The Balaban J connectivity index is 1.48. The summed E-state index contributed by atoms with van der Waals surface area (Å²) >= 11 is 0. The maximum atomic E-state index is 13.5. The summed E-state index contributed by atoms with van der Waals surface area (Å²) in [4.78, 5) is 53.0. The van der Waals surface area contributed by atoms with Crippen LogP contribution in [0, 0.1) is 0 Å². The number of benzene rings is 2. The Morgan fingerprint density at radius 3 is 2.15 bits per heavy atom. The molecule has 4 rings (SSSR count). The molecular weight excluding hydrogens is 496 g/mol. The summed E-state index contributed by atoms with van der Waals surface area (Å²) in [6, 6.07) is 16.5. The molecule has 2 aromatic carbocycles. The molecule has 2 aliphatic heterocycles. The van der Waals surface area contributed by atoms with Gasteiger partial charge < -0.3 is 26.0 Å². The highest BCUT2D eigenvalue weighted by atomic mass is 16.4. The average molecular weight is 535 g/mol. The molecule has 0 aliphatic carbocycles. The Morgan fingerprint density at radius 2 is 1.54 bits per heavy atom. The molecule has 2 aromatic rings. The van der Waals surface area contributed by atoms with Gasteiger partial charge in [-0.1, -0.05) is 67.1 Å². The van der Waals surface area contributed by atoms with Gasteiger partial charge in [-0.05, 0) is 49.8 Å². The molecule has 208 valence electrons. The van der Waals surface area contributed by atoms with Crippen LogP contribution < -0.4 is 16.0 Å². The minimum absolute atomic E-state index is 0.00567. The first-order chi connectivity index (χ1) is 18.9. The fraction of sp³-hybridized carbons (Fsp3) is 0.467. The molecule has 0 radical (unpaired) electrons. The Bertz CT molecular complexity index is 1120. The first-order valence-electron chi connectivity index (χ1n) is 13.8. The molecule has 2 fully saturated rings. The number of rotatable bonds is 11. The van der Waals surface area contributed by atoms with Gasteiger partial charge in [-0.2, -0.15) is 0 Å². The number of carbonyl (C=O) groups excluding carboxylic acids is 3. The number of aliphatic carboxylic acids is 1. The van der Waals surface area contributed by atoms with Crippen LogP contribution in [0.2, 0.25) is 0 Å². The number of likely N-dealkylation sites (tertiary alicyclic amines) is 1. The van der Waals surface area contributed by atoms with E-state index in [9.17, 15) is 24.3 Å². The summed E-state index contributed by atoms with van der Waals surface area (Å²) in [7, 11) is 0. The molecule has 9 nitrogen and oxygen atoms in total. The number of carboxylic acids is 1. The molecule has 2 saturated heterocycles. The van der Waals surface area contributed by atoms with Crippen LogP contribution in [0.1, 0.15) is 49.7 Å². The van der Waals surface area contributed by atoms with Crippen molar-refractivity contribution in [2.45, 2.75) is 75.5 Å². The van der Waals surface area contributed by atoms with E-state index in [-0.39, 0.29) is 30.7 Å². The summed E-state index contributed by atoms with van der Waals surface area (Å²) in [5.41, 5.74) is 1.85. The molecule has 4 atom stereocenters. The topological polar surface area (TPSA) is 128 Å². The van der Waals surface area contributed by atoms with Gasteiger partial charge in [0.05, 0.1) is 6.04 Å². The quantitative estimate of drug-likeness (QED) is 0.349. The molecule has 9 heteroatoms. The van der Waals surface area contributed by atoms with Crippen LogP contribution in [0.4, 0.5) is 0 Å². The molecule has 0 spiro atoms. The van der Waals surface area contributed by atoms with E-state index in [1.54, 1.807) is 0 Å². The molecule has 0 unspecified atom stereocenters. The standard InChI is InChI=1S/C30H38N4O5/c35-27(20-23(18-21-10-3-1-4-11-21)32-28(36)24-14-7-8-16-31-24)33-25(19-22-12-5-2-6-13-22)29(37)34-17-9-15-26(34)30(38)39/h1-6,10-13,23-26,31H,7-9,14-20H2,(H,32,36)(H,33,35)(H,38,39)/t23-,24-,25-,26-/m0/s1. The lowest BCUT2D eigenvalue weighted by molar-refractivity contribution is -0.149. The zero-order chi connectivity index (χ0) is 27.6. The van der Waals surface area contributed by atoms with Gasteiger partial charge in [0.1, 0.15) is 12.1 Å². The van der Waals surface area contributed by atoms with Crippen LogP contribution >= 0.6 is 0 Å². The third-order valence-electron chi connectivity index (χ3n) is 7.47. The van der Waals surface area contributed by atoms with E-state index in [1.165, 1.54) is 4.90 Å². The van der Waals surface area contributed by atoms with Crippen molar-refractivity contribution in [2.24, 2.45) is 0 Å². The lowest BCUT2D eigenvalue weighted by Crippen LogP contribution is -2.54. The van der Waals surface area contributed by atoms with E-state index in [0.29, 0.717) is 25.8 Å². The van der Waals surface area contributed by atoms with Crippen molar-refractivity contribution >= 4 is 23.7 Å². The van der Waals surface area contributed by atoms with Crippen LogP contribution in [0.15, 0.2) is 60.7 Å². The molecule has 0 bridgehead atoms. The maximum absolute atomic E-state index is 13.5. The predicted molar refractivity (Wildman–Crippen MR) is 147 cm³/mol. The summed E-state index contributed by atoms with van der Waals surface area (Å²) in [5, 5.41) is 18.8. The molecule has 2 heterocycles. The van der Waals surface area contributed by atoms with Crippen molar-refractivity contribution in [3.63, 3.8) is 0 Å². The fourth-order valence-electron chi connectivity index (χ4n) is 5.46. The van der Waals surface area contributed by atoms with E-state index >= 15 is 0 Å². The number of carboxylic acid groups (broad SMARTS) is 1. The summed E-state index contributed by atoms with van der Waals surface area (Å²) < 4.78 is 0. The second-order valence-corrected chi connectivity index (χ2v) is 10.4. The molecule has 0 saturated carbocycles. The highest BCUT2D eigenvalue weighted by Gasteiger charge is 2.38. The van der Waals surface area contributed by atoms with Crippen molar-refractivity contribution in [3.8, 4) is 0 Å². The van der Waals surface area contributed by atoms with Crippen LogP contribution in [0.3, 0.4) is 0 Å². The highest BCUT2D eigenvalue weighted by Crippen LogP contribution is 2.20. The molecule has 39 heavy (non-hydrogen) atoms. The first-order valence-corrected chi connectivity index (χ1v) is 13.8. The minimum Gasteiger partial charge on any atom is -0.480 e. The van der Waals surface area contributed by atoms with Crippen LogP contribution in [-0.4, -0.2) is 71.0 Å². The van der Waals surface area contributed by atoms with Crippen LogP contribution in [-0.2, 0) is 32.0 Å².